The number of carbonyl (C=O) groups excluding carboxylic acids is 1. The number of thioether (sulfide) groups is 1. The lowest BCUT2D eigenvalue weighted by Gasteiger charge is -2.14. The lowest BCUT2D eigenvalue weighted by atomic mass is 9.99. The van der Waals surface area contributed by atoms with Crippen LogP contribution >= 0.6 is 11.8 Å². The van der Waals surface area contributed by atoms with E-state index >= 15 is 0 Å². The van der Waals surface area contributed by atoms with Gasteiger partial charge in [-0.2, -0.15) is 0 Å². The van der Waals surface area contributed by atoms with E-state index in [4.69, 9.17) is 4.74 Å². The Balaban J connectivity index is 1.81. The average molecular weight is 351 g/mol. The zero-order chi connectivity index (χ0) is 17.4. The van der Waals surface area contributed by atoms with Crippen LogP contribution in [0.3, 0.4) is 0 Å². The summed E-state index contributed by atoms with van der Waals surface area (Å²) in [6.45, 7) is 0. The van der Waals surface area contributed by atoms with E-state index in [-0.39, 0.29) is 11.7 Å². The van der Waals surface area contributed by atoms with Gasteiger partial charge in [-0.25, -0.2) is 0 Å². The normalized spacial score (nSPS) is 14.0. The van der Waals surface area contributed by atoms with Gasteiger partial charge in [0.2, 0.25) is 0 Å². The third-order valence-electron chi connectivity index (χ3n) is 4.53. The Labute approximate surface area is 151 Å². The first kappa shape index (κ1) is 16.2. The van der Waals surface area contributed by atoms with Crippen LogP contribution in [0.5, 0.6) is 0 Å². The Morgan fingerprint density at radius 2 is 2.00 bits per heavy atom. The number of aromatic nitrogens is 3. The highest BCUT2D eigenvalue weighted by atomic mass is 32.2. The largest absolute Gasteiger partial charge is 0.468 e. The SMILES string of the molecule is Bc1nnc(SCC(=O)OC)n1-c1ccc(C2CC2)c2ccccc12. The number of carbonyl (C=O) groups is 1. The van der Waals surface area contributed by atoms with Crippen LogP contribution in [0, 0.1) is 0 Å². The summed E-state index contributed by atoms with van der Waals surface area (Å²) in [6, 6.07) is 12.9. The maximum atomic E-state index is 11.5. The minimum atomic E-state index is -0.272. The van der Waals surface area contributed by atoms with Crippen LogP contribution in [0.4, 0.5) is 0 Å². The third kappa shape index (κ3) is 3.04. The van der Waals surface area contributed by atoms with Crippen molar-refractivity contribution in [2.45, 2.75) is 23.9 Å². The van der Waals surface area contributed by atoms with E-state index in [1.54, 1.807) is 0 Å². The van der Waals surface area contributed by atoms with Crippen molar-refractivity contribution in [2.24, 2.45) is 0 Å². The standard InChI is InChI=1S/C18H18BN3O2S/c1-24-16(23)10-25-18-21-20-17(19)22(18)15-9-8-12(11-6-7-11)13-4-2-3-5-14(13)15/h2-5,8-9,11H,6-7,10,19H2,1H3. The number of hydrogen-bond acceptors (Lipinski definition) is 5. The lowest BCUT2D eigenvalue weighted by molar-refractivity contribution is -0.137. The summed E-state index contributed by atoms with van der Waals surface area (Å²) >= 11 is 1.34. The molecule has 4 rings (SSSR count). The second-order valence-electron chi connectivity index (χ2n) is 6.22. The molecule has 1 aliphatic carbocycles. The molecule has 1 aliphatic rings. The molecular weight excluding hydrogens is 333 g/mol. The molecule has 1 aromatic heterocycles. The van der Waals surface area contributed by atoms with Crippen LogP contribution in [0.25, 0.3) is 16.5 Å². The van der Waals surface area contributed by atoms with Crippen molar-refractivity contribution in [2.75, 3.05) is 12.9 Å². The van der Waals surface area contributed by atoms with E-state index in [1.807, 2.05) is 12.4 Å². The highest BCUT2D eigenvalue weighted by Gasteiger charge is 2.26. The molecule has 0 aliphatic heterocycles. The van der Waals surface area contributed by atoms with Crippen molar-refractivity contribution < 1.29 is 9.53 Å². The number of rotatable bonds is 5. The van der Waals surface area contributed by atoms with Crippen LogP contribution < -0.4 is 5.72 Å². The second kappa shape index (κ2) is 6.56. The smallest absolute Gasteiger partial charge is 0.316 e. The molecule has 0 saturated heterocycles. The molecule has 0 unspecified atom stereocenters. The summed E-state index contributed by atoms with van der Waals surface area (Å²) < 4.78 is 6.75. The van der Waals surface area contributed by atoms with E-state index in [2.05, 4.69) is 46.6 Å². The zero-order valence-electron chi connectivity index (χ0n) is 14.2. The molecule has 1 saturated carbocycles. The van der Waals surface area contributed by atoms with Gasteiger partial charge in [-0.1, -0.05) is 42.1 Å². The third-order valence-corrected chi connectivity index (χ3v) is 5.44. The summed E-state index contributed by atoms with van der Waals surface area (Å²) in [7, 11) is 3.32. The molecule has 0 atom stereocenters. The highest BCUT2D eigenvalue weighted by Crippen LogP contribution is 2.44. The number of ether oxygens (including phenoxy) is 1. The number of fused-ring (bicyclic) bond motifs is 1. The van der Waals surface area contributed by atoms with E-state index in [9.17, 15) is 4.79 Å². The Hall–Kier alpha value is -2.28. The topological polar surface area (TPSA) is 57.0 Å². The van der Waals surface area contributed by atoms with Crippen molar-refractivity contribution in [3.05, 3.63) is 42.0 Å². The molecule has 2 aromatic carbocycles. The number of hydrogen-bond donors (Lipinski definition) is 0. The van der Waals surface area contributed by atoms with Gasteiger partial charge in [-0.05, 0) is 35.8 Å². The maximum absolute atomic E-state index is 11.5. The summed E-state index contributed by atoms with van der Waals surface area (Å²) in [5, 5.41) is 11.6. The molecule has 3 aromatic rings. The van der Waals surface area contributed by atoms with Crippen LogP contribution in [-0.4, -0.2) is 41.4 Å². The van der Waals surface area contributed by atoms with Gasteiger partial charge in [0.05, 0.1) is 24.3 Å². The van der Waals surface area contributed by atoms with Gasteiger partial charge in [0.1, 0.15) is 0 Å². The molecule has 126 valence electrons. The minimum Gasteiger partial charge on any atom is -0.468 e. The van der Waals surface area contributed by atoms with E-state index in [1.165, 1.54) is 48.0 Å². The van der Waals surface area contributed by atoms with Crippen molar-refractivity contribution in [3.63, 3.8) is 0 Å². The fraction of sp³-hybridized carbons (Fsp3) is 0.278. The zero-order valence-corrected chi connectivity index (χ0v) is 15.0. The monoisotopic (exact) mass is 351 g/mol. The first-order valence-electron chi connectivity index (χ1n) is 8.32. The van der Waals surface area contributed by atoms with E-state index < -0.39 is 0 Å². The van der Waals surface area contributed by atoms with Gasteiger partial charge in [0.15, 0.2) is 13.0 Å². The second-order valence-corrected chi connectivity index (χ2v) is 7.17. The van der Waals surface area contributed by atoms with Crippen molar-refractivity contribution >= 4 is 42.1 Å². The molecule has 0 bridgehead atoms. The summed E-state index contributed by atoms with van der Waals surface area (Å²) in [5.41, 5.74) is 3.28. The molecule has 0 radical (unpaired) electrons. The summed E-state index contributed by atoms with van der Waals surface area (Å²) in [6.07, 6.45) is 2.55. The molecule has 0 spiro atoms. The first-order chi connectivity index (χ1) is 12.2. The van der Waals surface area contributed by atoms with Gasteiger partial charge in [-0.3, -0.25) is 9.36 Å². The van der Waals surface area contributed by atoms with Crippen molar-refractivity contribution in [1.29, 1.82) is 0 Å². The van der Waals surface area contributed by atoms with E-state index in [0.29, 0.717) is 11.1 Å². The number of nitrogens with zero attached hydrogens (tertiary/aromatic N) is 3. The van der Waals surface area contributed by atoms with Crippen molar-refractivity contribution in [3.8, 4) is 5.69 Å². The van der Waals surface area contributed by atoms with Gasteiger partial charge in [0.25, 0.3) is 0 Å². The van der Waals surface area contributed by atoms with Crippen LogP contribution in [-0.2, 0) is 9.53 Å². The van der Waals surface area contributed by atoms with Gasteiger partial charge >= 0.3 is 5.97 Å². The highest BCUT2D eigenvalue weighted by molar-refractivity contribution is 7.99. The molecule has 0 amide bonds. The van der Waals surface area contributed by atoms with E-state index in [0.717, 1.165) is 11.4 Å². The van der Waals surface area contributed by atoms with Gasteiger partial charge in [-0.15, -0.1) is 10.2 Å². The van der Waals surface area contributed by atoms with Crippen LogP contribution in [0.1, 0.15) is 24.3 Å². The predicted octanol–water partition coefficient (Wildman–Crippen LogP) is 1.82. The molecule has 1 fully saturated rings. The van der Waals surface area contributed by atoms with Gasteiger partial charge < -0.3 is 4.74 Å². The molecular formula is C18H18BN3O2S. The lowest BCUT2D eigenvalue weighted by Crippen LogP contribution is -2.19. The fourth-order valence-corrected chi connectivity index (χ4v) is 3.97. The summed E-state index contributed by atoms with van der Waals surface area (Å²) in [4.78, 5) is 11.5. The molecule has 5 nitrogen and oxygen atoms in total. The molecule has 1 heterocycles. The van der Waals surface area contributed by atoms with Crippen LogP contribution in [0.15, 0.2) is 41.6 Å². The molecule has 7 heteroatoms. The summed E-state index contributed by atoms with van der Waals surface area (Å²) in [5.74, 6) is 0.632. The number of methoxy groups -OCH3 is 1. The Morgan fingerprint density at radius 3 is 2.72 bits per heavy atom. The maximum Gasteiger partial charge on any atom is 0.316 e. The van der Waals surface area contributed by atoms with Crippen molar-refractivity contribution in [1.82, 2.24) is 14.8 Å². The van der Waals surface area contributed by atoms with Gasteiger partial charge in [0, 0.05) is 5.39 Å². The fourth-order valence-electron chi connectivity index (χ4n) is 3.15. The number of esters is 1. The number of benzene rings is 2. The minimum absolute atomic E-state index is 0.215. The average Bonchev–Trinajstić information content (AvgIpc) is 3.42. The Kier molecular flexibility index (Phi) is 4.25. The quantitative estimate of drug-likeness (QED) is 0.399. The molecule has 25 heavy (non-hydrogen) atoms. The van der Waals surface area contributed by atoms with Crippen LogP contribution in [0.2, 0.25) is 0 Å². The first-order valence-corrected chi connectivity index (χ1v) is 9.31. The Morgan fingerprint density at radius 1 is 1.24 bits per heavy atom. The Bertz CT molecular complexity index is 953. The molecule has 0 N–H and O–H groups in total. The predicted molar refractivity (Wildman–Crippen MR) is 102 cm³/mol.